The SMILES string of the molecule is Cc1cc(Br)ccc1NCc1ccc(Br)c2cccnc12. The van der Waals surface area contributed by atoms with Crippen LogP contribution in [-0.4, -0.2) is 4.98 Å². The summed E-state index contributed by atoms with van der Waals surface area (Å²) in [6, 6.07) is 14.5. The lowest BCUT2D eigenvalue weighted by atomic mass is 10.1. The van der Waals surface area contributed by atoms with Crippen LogP contribution in [0.3, 0.4) is 0 Å². The second kappa shape index (κ2) is 6.16. The van der Waals surface area contributed by atoms with Gasteiger partial charge in [0.15, 0.2) is 0 Å². The normalized spacial score (nSPS) is 10.8. The lowest BCUT2D eigenvalue weighted by Gasteiger charge is -2.12. The van der Waals surface area contributed by atoms with Gasteiger partial charge in [0, 0.05) is 32.8 Å². The monoisotopic (exact) mass is 404 g/mol. The average molecular weight is 406 g/mol. The van der Waals surface area contributed by atoms with Gasteiger partial charge in [-0.05, 0) is 48.4 Å². The molecule has 0 aliphatic rings. The van der Waals surface area contributed by atoms with E-state index >= 15 is 0 Å². The van der Waals surface area contributed by atoms with Crippen LogP contribution in [0.1, 0.15) is 11.1 Å². The summed E-state index contributed by atoms with van der Waals surface area (Å²) in [7, 11) is 0. The first-order valence-electron chi connectivity index (χ1n) is 6.67. The third kappa shape index (κ3) is 3.11. The summed E-state index contributed by atoms with van der Waals surface area (Å²) in [4.78, 5) is 4.51. The summed E-state index contributed by atoms with van der Waals surface area (Å²) < 4.78 is 2.18. The van der Waals surface area contributed by atoms with Crippen molar-refractivity contribution < 1.29 is 0 Å². The predicted octanol–water partition coefficient (Wildman–Crippen LogP) is 5.68. The Bertz CT molecular complexity index is 800. The fraction of sp³-hybridized carbons (Fsp3) is 0.118. The summed E-state index contributed by atoms with van der Waals surface area (Å²) in [6.07, 6.45) is 1.84. The molecule has 106 valence electrons. The minimum Gasteiger partial charge on any atom is -0.381 e. The van der Waals surface area contributed by atoms with Gasteiger partial charge in [-0.15, -0.1) is 0 Å². The van der Waals surface area contributed by atoms with E-state index in [1.165, 1.54) is 11.1 Å². The molecule has 3 rings (SSSR count). The Morgan fingerprint density at radius 1 is 1.10 bits per heavy atom. The zero-order valence-electron chi connectivity index (χ0n) is 11.5. The van der Waals surface area contributed by atoms with Crippen LogP contribution in [-0.2, 0) is 6.54 Å². The molecule has 0 bridgehead atoms. The lowest BCUT2D eigenvalue weighted by molar-refractivity contribution is 1.14. The van der Waals surface area contributed by atoms with Gasteiger partial charge in [-0.3, -0.25) is 4.98 Å². The molecule has 0 unspecified atom stereocenters. The molecule has 0 fully saturated rings. The van der Waals surface area contributed by atoms with Crippen LogP contribution in [0, 0.1) is 6.92 Å². The number of rotatable bonds is 3. The highest BCUT2D eigenvalue weighted by atomic mass is 79.9. The average Bonchev–Trinajstić information content (AvgIpc) is 2.48. The molecule has 0 saturated carbocycles. The highest BCUT2D eigenvalue weighted by Gasteiger charge is 2.06. The number of hydrogen-bond acceptors (Lipinski definition) is 2. The number of halogens is 2. The predicted molar refractivity (Wildman–Crippen MR) is 95.6 cm³/mol. The number of fused-ring (bicyclic) bond motifs is 1. The third-order valence-corrected chi connectivity index (χ3v) is 4.64. The summed E-state index contributed by atoms with van der Waals surface area (Å²) in [5, 5.41) is 4.63. The van der Waals surface area contributed by atoms with Gasteiger partial charge >= 0.3 is 0 Å². The molecule has 2 nitrogen and oxygen atoms in total. The van der Waals surface area contributed by atoms with E-state index in [9.17, 15) is 0 Å². The molecule has 1 heterocycles. The number of hydrogen-bond donors (Lipinski definition) is 1. The van der Waals surface area contributed by atoms with Crippen molar-refractivity contribution in [2.75, 3.05) is 5.32 Å². The first-order valence-corrected chi connectivity index (χ1v) is 8.26. The zero-order chi connectivity index (χ0) is 14.8. The molecule has 0 saturated heterocycles. The second-order valence-corrected chi connectivity index (χ2v) is 6.69. The van der Waals surface area contributed by atoms with E-state index in [1.807, 2.05) is 18.3 Å². The fourth-order valence-corrected chi connectivity index (χ4v) is 3.28. The largest absolute Gasteiger partial charge is 0.381 e. The molecule has 0 radical (unpaired) electrons. The minimum atomic E-state index is 0.753. The minimum absolute atomic E-state index is 0.753. The third-order valence-electron chi connectivity index (χ3n) is 3.46. The van der Waals surface area contributed by atoms with Crippen molar-refractivity contribution in [1.82, 2.24) is 4.98 Å². The van der Waals surface area contributed by atoms with Crippen LogP contribution in [0.25, 0.3) is 10.9 Å². The molecule has 1 aromatic heterocycles. The van der Waals surface area contributed by atoms with Crippen LogP contribution >= 0.6 is 31.9 Å². The van der Waals surface area contributed by atoms with Gasteiger partial charge < -0.3 is 5.32 Å². The van der Waals surface area contributed by atoms with Crippen molar-refractivity contribution >= 4 is 48.5 Å². The van der Waals surface area contributed by atoms with Gasteiger partial charge in [0.2, 0.25) is 0 Å². The number of aromatic nitrogens is 1. The molecule has 0 spiro atoms. The van der Waals surface area contributed by atoms with Crippen LogP contribution in [0.4, 0.5) is 5.69 Å². The van der Waals surface area contributed by atoms with Crippen LogP contribution in [0.2, 0.25) is 0 Å². The quantitative estimate of drug-likeness (QED) is 0.606. The first-order chi connectivity index (χ1) is 10.1. The Kier molecular flexibility index (Phi) is 4.27. The van der Waals surface area contributed by atoms with Crippen LogP contribution in [0.5, 0.6) is 0 Å². The molecule has 0 aliphatic heterocycles. The lowest BCUT2D eigenvalue weighted by Crippen LogP contribution is -2.02. The Labute approximate surface area is 140 Å². The van der Waals surface area contributed by atoms with E-state index in [-0.39, 0.29) is 0 Å². The summed E-state index contributed by atoms with van der Waals surface area (Å²) >= 11 is 7.07. The van der Waals surface area contributed by atoms with Gasteiger partial charge in [0.25, 0.3) is 0 Å². The Morgan fingerprint density at radius 2 is 1.95 bits per heavy atom. The maximum absolute atomic E-state index is 4.51. The van der Waals surface area contributed by atoms with Gasteiger partial charge in [0.1, 0.15) is 0 Å². The number of nitrogens with one attached hydrogen (secondary N) is 1. The van der Waals surface area contributed by atoms with Crippen molar-refractivity contribution in [3.05, 3.63) is 68.7 Å². The molecule has 1 N–H and O–H groups in total. The highest BCUT2D eigenvalue weighted by Crippen LogP contribution is 2.26. The Morgan fingerprint density at radius 3 is 2.76 bits per heavy atom. The van der Waals surface area contributed by atoms with E-state index < -0.39 is 0 Å². The maximum atomic E-state index is 4.51. The van der Waals surface area contributed by atoms with Crippen molar-refractivity contribution in [3.63, 3.8) is 0 Å². The number of benzene rings is 2. The van der Waals surface area contributed by atoms with Gasteiger partial charge in [-0.2, -0.15) is 0 Å². The maximum Gasteiger partial charge on any atom is 0.0763 e. The van der Waals surface area contributed by atoms with E-state index in [2.05, 4.69) is 79.4 Å². The molecule has 0 atom stereocenters. The van der Waals surface area contributed by atoms with Crippen molar-refractivity contribution in [2.45, 2.75) is 13.5 Å². The first kappa shape index (κ1) is 14.5. The number of aryl methyl sites for hydroxylation is 1. The topological polar surface area (TPSA) is 24.9 Å². The van der Waals surface area contributed by atoms with E-state index in [1.54, 1.807) is 0 Å². The van der Waals surface area contributed by atoms with E-state index in [0.29, 0.717) is 0 Å². The highest BCUT2D eigenvalue weighted by molar-refractivity contribution is 9.11. The van der Waals surface area contributed by atoms with Crippen LogP contribution < -0.4 is 5.32 Å². The van der Waals surface area contributed by atoms with Crippen molar-refractivity contribution in [3.8, 4) is 0 Å². The molecular weight excluding hydrogens is 392 g/mol. The molecular formula is C17H14Br2N2. The second-order valence-electron chi connectivity index (χ2n) is 4.92. The molecule has 0 amide bonds. The Hall–Kier alpha value is -1.39. The molecule has 2 aromatic carbocycles. The molecule has 4 heteroatoms. The molecule has 3 aromatic rings. The van der Waals surface area contributed by atoms with Gasteiger partial charge in [-0.1, -0.05) is 44.0 Å². The number of pyridine rings is 1. The molecule has 0 aliphatic carbocycles. The van der Waals surface area contributed by atoms with Crippen LogP contribution in [0.15, 0.2) is 57.6 Å². The summed E-state index contributed by atoms with van der Waals surface area (Å²) in [5.74, 6) is 0. The zero-order valence-corrected chi connectivity index (χ0v) is 14.7. The fourth-order valence-electron chi connectivity index (χ4n) is 2.35. The summed E-state index contributed by atoms with van der Waals surface area (Å²) in [5.41, 5.74) is 4.59. The standard InChI is InChI=1S/C17H14Br2N2/c1-11-9-13(18)5-7-16(11)21-10-12-4-6-15(19)14-3-2-8-20-17(12)14/h2-9,21H,10H2,1H3. The van der Waals surface area contributed by atoms with E-state index in [4.69, 9.17) is 0 Å². The summed E-state index contributed by atoms with van der Waals surface area (Å²) in [6.45, 7) is 2.86. The van der Waals surface area contributed by atoms with Crippen molar-refractivity contribution in [2.24, 2.45) is 0 Å². The van der Waals surface area contributed by atoms with E-state index in [0.717, 1.165) is 32.1 Å². The Balaban J connectivity index is 1.90. The molecule has 21 heavy (non-hydrogen) atoms. The van der Waals surface area contributed by atoms with Crippen molar-refractivity contribution in [1.29, 1.82) is 0 Å². The van der Waals surface area contributed by atoms with Gasteiger partial charge in [0.05, 0.1) is 5.52 Å². The number of nitrogens with zero attached hydrogens (tertiary/aromatic N) is 1. The van der Waals surface area contributed by atoms with Gasteiger partial charge in [-0.25, -0.2) is 0 Å². The smallest absolute Gasteiger partial charge is 0.0763 e. The number of anilines is 1.